The number of carbonyl (C=O) groups excluding carboxylic acids is 2. The maximum absolute atomic E-state index is 13.2. The lowest BCUT2D eigenvalue weighted by Crippen LogP contribution is -2.43. The molecule has 2 N–H and O–H groups in total. The number of nitrogens with zero attached hydrogens (tertiary/aromatic N) is 1. The van der Waals surface area contributed by atoms with Gasteiger partial charge in [0.05, 0.1) is 18.1 Å². The summed E-state index contributed by atoms with van der Waals surface area (Å²) in [5.74, 6) is -1.11. The van der Waals surface area contributed by atoms with Crippen molar-refractivity contribution < 1.29 is 19.4 Å². The van der Waals surface area contributed by atoms with Crippen LogP contribution in [0.15, 0.2) is 72.1 Å². The van der Waals surface area contributed by atoms with Crippen molar-refractivity contribution in [2.45, 2.75) is 19.1 Å². The van der Waals surface area contributed by atoms with Crippen molar-refractivity contribution in [1.29, 1.82) is 0 Å². The Morgan fingerprint density at radius 3 is 2.41 bits per heavy atom. The van der Waals surface area contributed by atoms with Gasteiger partial charge in [-0.15, -0.1) is 0 Å². The number of hydrazine groups is 1. The molecular formula is C21H20N2O4. The molecule has 6 nitrogen and oxygen atoms in total. The van der Waals surface area contributed by atoms with Gasteiger partial charge in [-0.3, -0.25) is 10.2 Å². The predicted molar refractivity (Wildman–Crippen MR) is 97.9 cm³/mol. The highest BCUT2D eigenvalue weighted by Crippen LogP contribution is 2.48. The molecule has 2 aliphatic rings. The first kappa shape index (κ1) is 17.3. The highest BCUT2D eigenvalue weighted by atomic mass is 16.5. The van der Waals surface area contributed by atoms with Crippen LogP contribution >= 0.6 is 0 Å². The molecule has 6 heteroatoms. The zero-order chi connectivity index (χ0) is 19.0. The number of ether oxygens (including phenoxy) is 1. The number of esters is 1. The minimum Gasteiger partial charge on any atom is -0.463 e. The number of fused-ring (bicyclic) bond motifs is 1. The minimum absolute atomic E-state index is 0.0510. The van der Waals surface area contributed by atoms with E-state index in [4.69, 9.17) is 4.74 Å². The molecule has 2 heterocycles. The number of nitrogens with one attached hydrogen (secondary N) is 1. The van der Waals surface area contributed by atoms with Gasteiger partial charge < -0.3 is 9.84 Å². The molecule has 1 fully saturated rings. The maximum atomic E-state index is 13.2. The fourth-order valence-corrected chi connectivity index (χ4v) is 3.61. The third-order valence-electron chi connectivity index (χ3n) is 4.96. The van der Waals surface area contributed by atoms with Gasteiger partial charge >= 0.3 is 5.97 Å². The van der Waals surface area contributed by atoms with Crippen molar-refractivity contribution in [3.8, 4) is 0 Å². The van der Waals surface area contributed by atoms with E-state index in [9.17, 15) is 14.7 Å². The van der Waals surface area contributed by atoms with Crippen LogP contribution in [0.25, 0.3) is 0 Å². The average Bonchev–Trinajstić information content (AvgIpc) is 3.50. The first-order valence-electron chi connectivity index (χ1n) is 8.91. The van der Waals surface area contributed by atoms with Crippen LogP contribution in [0.4, 0.5) is 0 Å². The Balaban J connectivity index is 1.78. The fourth-order valence-electron chi connectivity index (χ4n) is 3.61. The second-order valence-electron chi connectivity index (χ2n) is 6.60. The van der Waals surface area contributed by atoms with Gasteiger partial charge in [-0.2, -0.15) is 0 Å². The molecule has 0 bridgehead atoms. The molecule has 4 rings (SSSR count). The van der Waals surface area contributed by atoms with Crippen LogP contribution < -0.4 is 5.43 Å². The van der Waals surface area contributed by atoms with Crippen LogP contribution in [0.1, 0.15) is 29.3 Å². The first-order valence-corrected chi connectivity index (χ1v) is 8.91. The number of aliphatic hydroxyl groups is 1. The molecule has 0 aromatic heterocycles. The van der Waals surface area contributed by atoms with E-state index in [0.717, 1.165) is 0 Å². The summed E-state index contributed by atoms with van der Waals surface area (Å²) in [5.41, 5.74) is 2.96. The molecule has 2 aliphatic heterocycles. The van der Waals surface area contributed by atoms with Crippen LogP contribution in [0, 0.1) is 5.92 Å². The summed E-state index contributed by atoms with van der Waals surface area (Å²) >= 11 is 0. The number of Topliss-reactive ketones (excluding diaryl/α,β-unsaturated/α-hetero) is 1. The van der Waals surface area contributed by atoms with Crippen LogP contribution in [0.2, 0.25) is 0 Å². The summed E-state index contributed by atoms with van der Waals surface area (Å²) in [4.78, 5) is 25.8. The molecule has 2 aromatic carbocycles. The van der Waals surface area contributed by atoms with Crippen LogP contribution in [-0.2, 0) is 15.3 Å². The van der Waals surface area contributed by atoms with Gasteiger partial charge in [0.1, 0.15) is 0 Å². The molecule has 0 spiro atoms. The highest BCUT2D eigenvalue weighted by Gasteiger charge is 2.57. The van der Waals surface area contributed by atoms with Gasteiger partial charge in [-0.25, -0.2) is 9.80 Å². The quantitative estimate of drug-likeness (QED) is 0.481. The number of hydrogen-bond donors (Lipinski definition) is 2. The fraction of sp³-hybridized carbons (Fsp3) is 0.238. The van der Waals surface area contributed by atoms with Crippen LogP contribution in [-0.4, -0.2) is 28.5 Å². The Labute approximate surface area is 157 Å². The molecule has 0 unspecified atom stereocenters. The molecule has 0 saturated carbocycles. The lowest BCUT2D eigenvalue weighted by Gasteiger charge is -2.35. The molecule has 0 radical (unpaired) electrons. The number of carbonyl (C=O) groups is 2. The average molecular weight is 364 g/mol. The van der Waals surface area contributed by atoms with Gasteiger partial charge in [0.2, 0.25) is 0 Å². The lowest BCUT2D eigenvalue weighted by atomic mass is 9.79. The standard InChI is InChI=1S/C21H20N2O4/c1-2-27-20(25)17-16(18(24)14-9-5-3-6-10-14)13-21(26,23-19(17)22-23)15-11-7-4-8-12-15/h3-12,16,22,26H,2,13H2,1H3/t16-,21-,23?/m0/s1. The number of rotatable bonds is 5. The highest BCUT2D eigenvalue weighted by molar-refractivity contribution is 6.06. The van der Waals surface area contributed by atoms with Crippen molar-refractivity contribution in [3.63, 3.8) is 0 Å². The van der Waals surface area contributed by atoms with Crippen molar-refractivity contribution in [2.75, 3.05) is 6.61 Å². The Hall–Kier alpha value is -3.12. The first-order chi connectivity index (χ1) is 13.1. The van der Waals surface area contributed by atoms with Gasteiger partial charge in [0.15, 0.2) is 17.3 Å². The summed E-state index contributed by atoms with van der Waals surface area (Å²) in [6.07, 6.45) is 0.0510. The maximum Gasteiger partial charge on any atom is 0.338 e. The number of hydrogen-bond acceptors (Lipinski definition) is 6. The number of benzene rings is 2. The molecule has 138 valence electrons. The molecule has 2 aromatic rings. The SMILES string of the molecule is CCOC(=O)C1=C2NN2[C@@](O)(c2ccccc2)C[C@@H]1C(=O)c1ccccc1. The van der Waals surface area contributed by atoms with E-state index in [1.165, 1.54) is 5.01 Å². The summed E-state index contributed by atoms with van der Waals surface area (Å²) in [6, 6.07) is 17.9. The normalized spacial score (nSPS) is 23.3. The van der Waals surface area contributed by atoms with Crippen LogP contribution in [0.3, 0.4) is 0 Å². The Bertz CT molecular complexity index is 910. The zero-order valence-electron chi connectivity index (χ0n) is 14.9. The number of ketones is 1. The van der Waals surface area contributed by atoms with Gasteiger partial charge in [-0.1, -0.05) is 60.7 Å². The van der Waals surface area contributed by atoms with E-state index >= 15 is 0 Å². The van der Waals surface area contributed by atoms with Gasteiger partial charge in [0.25, 0.3) is 0 Å². The van der Waals surface area contributed by atoms with Crippen LogP contribution in [0.5, 0.6) is 0 Å². The van der Waals surface area contributed by atoms with E-state index in [-0.39, 0.29) is 24.4 Å². The van der Waals surface area contributed by atoms with E-state index in [1.807, 2.05) is 24.3 Å². The smallest absolute Gasteiger partial charge is 0.338 e. The minimum atomic E-state index is -1.41. The van der Waals surface area contributed by atoms with Crippen molar-refractivity contribution in [1.82, 2.24) is 10.4 Å². The molecular weight excluding hydrogens is 344 g/mol. The van der Waals surface area contributed by atoms with Crippen molar-refractivity contribution in [3.05, 3.63) is 83.2 Å². The monoisotopic (exact) mass is 364 g/mol. The third kappa shape index (κ3) is 2.88. The largest absolute Gasteiger partial charge is 0.463 e. The predicted octanol–water partition coefficient (Wildman–Crippen LogP) is 2.33. The zero-order valence-corrected chi connectivity index (χ0v) is 14.9. The lowest BCUT2D eigenvalue weighted by molar-refractivity contribution is -0.140. The molecule has 1 saturated heterocycles. The summed E-state index contributed by atoms with van der Waals surface area (Å²) in [7, 11) is 0. The van der Waals surface area contributed by atoms with E-state index in [1.54, 1.807) is 43.3 Å². The molecule has 0 aliphatic carbocycles. The second kappa shape index (κ2) is 6.55. The van der Waals surface area contributed by atoms with E-state index in [2.05, 4.69) is 5.43 Å². The van der Waals surface area contributed by atoms with E-state index in [0.29, 0.717) is 16.9 Å². The van der Waals surface area contributed by atoms with E-state index < -0.39 is 17.6 Å². The summed E-state index contributed by atoms with van der Waals surface area (Å²) in [6.45, 7) is 1.93. The Morgan fingerprint density at radius 2 is 1.78 bits per heavy atom. The third-order valence-corrected chi connectivity index (χ3v) is 4.96. The summed E-state index contributed by atoms with van der Waals surface area (Å²) < 4.78 is 5.17. The Kier molecular flexibility index (Phi) is 4.20. The molecule has 0 amide bonds. The van der Waals surface area contributed by atoms with Gasteiger partial charge in [0, 0.05) is 17.5 Å². The van der Waals surface area contributed by atoms with Crippen molar-refractivity contribution in [2.24, 2.45) is 5.92 Å². The Morgan fingerprint density at radius 1 is 1.15 bits per heavy atom. The topological polar surface area (TPSA) is 88.6 Å². The van der Waals surface area contributed by atoms with Gasteiger partial charge in [-0.05, 0) is 6.92 Å². The second-order valence-corrected chi connectivity index (χ2v) is 6.60. The summed E-state index contributed by atoms with van der Waals surface area (Å²) in [5, 5.41) is 12.9. The molecule has 2 atom stereocenters. The van der Waals surface area contributed by atoms with Crippen molar-refractivity contribution >= 4 is 11.8 Å². The molecule has 27 heavy (non-hydrogen) atoms.